The minimum Gasteiger partial charge on any atom is -0.449 e. The maximum atomic E-state index is 11.5. The summed E-state index contributed by atoms with van der Waals surface area (Å²) < 4.78 is 4.98. The smallest absolute Gasteiger partial charge is 0.404 e. The van der Waals surface area contributed by atoms with E-state index >= 15 is 0 Å². The van der Waals surface area contributed by atoms with E-state index in [1.807, 2.05) is 6.92 Å². The number of ether oxygens (including phenoxy) is 1. The van der Waals surface area contributed by atoms with E-state index in [9.17, 15) is 9.59 Å². The molecule has 1 fully saturated rings. The van der Waals surface area contributed by atoms with Crippen molar-refractivity contribution in [2.75, 3.05) is 6.61 Å². The molecule has 2 unspecified atom stereocenters. The maximum absolute atomic E-state index is 11.5. The normalized spacial score (nSPS) is 27.7. The quantitative estimate of drug-likeness (QED) is 0.600. The first-order chi connectivity index (χ1) is 9.53. The Morgan fingerprint density at radius 2 is 1.95 bits per heavy atom. The van der Waals surface area contributed by atoms with Crippen molar-refractivity contribution in [2.45, 2.75) is 53.0 Å². The molecule has 1 aliphatic rings. The third-order valence-electron chi connectivity index (χ3n) is 3.67. The summed E-state index contributed by atoms with van der Waals surface area (Å²) in [5.41, 5.74) is 8.05. The van der Waals surface area contributed by atoms with Crippen LogP contribution in [0.2, 0.25) is 0 Å². The monoisotopic (exact) mass is 298 g/mol. The summed E-state index contributed by atoms with van der Waals surface area (Å²) in [6.07, 6.45) is 1.73. The molecule has 0 heterocycles. The van der Waals surface area contributed by atoms with Gasteiger partial charge in [0.1, 0.15) is 0 Å². The van der Waals surface area contributed by atoms with Gasteiger partial charge in [0.05, 0.1) is 6.61 Å². The molecule has 0 spiro atoms. The topological polar surface area (TPSA) is 90.7 Å². The van der Waals surface area contributed by atoms with Gasteiger partial charge in [0.15, 0.2) is 0 Å². The lowest BCUT2D eigenvalue weighted by atomic mass is 9.63. The van der Waals surface area contributed by atoms with Gasteiger partial charge in [-0.1, -0.05) is 27.4 Å². The Kier molecular flexibility index (Phi) is 5.39. The molecule has 1 saturated carbocycles. The molecule has 120 valence electrons. The fourth-order valence-electron chi connectivity index (χ4n) is 3.30. The van der Waals surface area contributed by atoms with Crippen LogP contribution >= 0.6 is 0 Å². The summed E-state index contributed by atoms with van der Waals surface area (Å²) in [6.45, 7) is 11.7. The van der Waals surface area contributed by atoms with E-state index in [0.29, 0.717) is 5.57 Å². The van der Waals surface area contributed by atoms with Gasteiger partial charge in [-0.3, -0.25) is 0 Å². The molecule has 6 nitrogen and oxygen atoms in total. The fourth-order valence-corrected chi connectivity index (χ4v) is 3.30. The minimum absolute atomic E-state index is 0.00136. The first-order valence-corrected chi connectivity index (χ1v) is 7.07. The number of hydroxylamine groups is 1. The summed E-state index contributed by atoms with van der Waals surface area (Å²) in [4.78, 5) is 27.3. The molecular weight excluding hydrogens is 272 g/mol. The highest BCUT2D eigenvalue weighted by atomic mass is 16.7. The number of rotatable bonds is 5. The number of carbonyl (C=O) groups excluding carboxylic acids is 2. The van der Waals surface area contributed by atoms with Crippen molar-refractivity contribution in [3.8, 4) is 0 Å². The zero-order chi connectivity index (χ0) is 16.3. The molecule has 0 aromatic heterocycles. The lowest BCUT2D eigenvalue weighted by Crippen LogP contribution is -2.47. The Labute approximate surface area is 126 Å². The molecule has 1 aliphatic carbocycles. The van der Waals surface area contributed by atoms with Crippen LogP contribution < -0.4 is 11.2 Å². The van der Waals surface area contributed by atoms with Gasteiger partial charge >= 0.3 is 12.1 Å². The van der Waals surface area contributed by atoms with E-state index < -0.39 is 12.1 Å². The minimum atomic E-state index is -0.766. The van der Waals surface area contributed by atoms with Crippen LogP contribution in [0.3, 0.4) is 0 Å². The standard InChI is InChI=1S/C15H26N2O4/c1-10(2)12(18)21-17-11-6-14(3,4)8-15(5,7-11)9-20-13(16)19/h11,17H,1,6-9H2,2-5H3,(H2,16,19). The molecule has 0 bridgehead atoms. The lowest BCUT2D eigenvalue weighted by Gasteiger charge is -2.45. The van der Waals surface area contributed by atoms with Gasteiger partial charge in [0.25, 0.3) is 0 Å². The van der Waals surface area contributed by atoms with Crippen LogP contribution in [0.15, 0.2) is 12.2 Å². The molecule has 1 amide bonds. The number of hydrogen-bond acceptors (Lipinski definition) is 5. The summed E-state index contributed by atoms with van der Waals surface area (Å²) in [5.74, 6) is -0.464. The Hall–Kier alpha value is -1.56. The van der Waals surface area contributed by atoms with Crippen molar-refractivity contribution in [1.29, 1.82) is 0 Å². The van der Waals surface area contributed by atoms with Crippen molar-refractivity contribution in [3.63, 3.8) is 0 Å². The van der Waals surface area contributed by atoms with Gasteiger partial charge in [-0.15, -0.1) is 5.48 Å². The predicted octanol–water partition coefficient (Wildman–Crippen LogP) is 2.29. The number of hydrogen-bond donors (Lipinski definition) is 2. The maximum Gasteiger partial charge on any atom is 0.404 e. The average Bonchev–Trinajstić information content (AvgIpc) is 2.31. The van der Waals surface area contributed by atoms with Crippen molar-refractivity contribution < 1.29 is 19.2 Å². The highest BCUT2D eigenvalue weighted by Crippen LogP contribution is 2.46. The lowest BCUT2D eigenvalue weighted by molar-refractivity contribution is -0.150. The molecule has 0 aromatic carbocycles. The van der Waals surface area contributed by atoms with Crippen molar-refractivity contribution in [1.82, 2.24) is 5.48 Å². The largest absolute Gasteiger partial charge is 0.449 e. The summed E-state index contributed by atoms with van der Waals surface area (Å²) in [7, 11) is 0. The number of primary amides is 1. The van der Waals surface area contributed by atoms with Gasteiger partial charge in [-0.2, -0.15) is 0 Å². The molecule has 1 rings (SSSR count). The van der Waals surface area contributed by atoms with Crippen LogP contribution in [-0.2, 0) is 14.4 Å². The van der Waals surface area contributed by atoms with Crippen molar-refractivity contribution in [3.05, 3.63) is 12.2 Å². The summed E-state index contributed by atoms with van der Waals surface area (Å²) in [5, 5.41) is 0. The van der Waals surface area contributed by atoms with E-state index in [1.165, 1.54) is 0 Å². The molecule has 0 aliphatic heterocycles. The number of nitrogens with two attached hydrogens (primary N) is 1. The number of nitrogens with one attached hydrogen (secondary N) is 1. The fraction of sp³-hybridized carbons (Fsp3) is 0.733. The third kappa shape index (κ3) is 5.75. The average molecular weight is 298 g/mol. The highest BCUT2D eigenvalue weighted by Gasteiger charge is 2.42. The van der Waals surface area contributed by atoms with Gasteiger partial charge in [0.2, 0.25) is 0 Å². The summed E-state index contributed by atoms with van der Waals surface area (Å²) in [6, 6.07) is -0.00136. The van der Waals surface area contributed by atoms with Crippen molar-refractivity contribution in [2.24, 2.45) is 16.6 Å². The molecule has 3 N–H and O–H groups in total. The Bertz CT molecular complexity index is 433. The SMILES string of the molecule is C=C(C)C(=O)ONC1CC(C)(C)CC(C)(COC(N)=O)C1. The van der Waals surface area contributed by atoms with Crippen molar-refractivity contribution >= 4 is 12.1 Å². The molecule has 0 saturated heterocycles. The van der Waals surface area contributed by atoms with Crippen LogP contribution in [0.1, 0.15) is 47.0 Å². The van der Waals surface area contributed by atoms with Crippen LogP contribution in [0.4, 0.5) is 4.79 Å². The Balaban J connectivity index is 2.66. The van der Waals surface area contributed by atoms with Crippen LogP contribution in [-0.4, -0.2) is 24.7 Å². The molecular formula is C15H26N2O4. The first kappa shape index (κ1) is 17.5. The zero-order valence-electron chi connectivity index (χ0n) is 13.3. The van der Waals surface area contributed by atoms with Gasteiger partial charge < -0.3 is 15.3 Å². The van der Waals surface area contributed by atoms with Gasteiger partial charge in [-0.25, -0.2) is 9.59 Å². The molecule has 21 heavy (non-hydrogen) atoms. The van der Waals surface area contributed by atoms with Crippen LogP contribution in [0, 0.1) is 10.8 Å². The van der Waals surface area contributed by atoms with Gasteiger partial charge in [-0.05, 0) is 31.6 Å². The second kappa shape index (κ2) is 6.47. The third-order valence-corrected chi connectivity index (χ3v) is 3.67. The zero-order valence-corrected chi connectivity index (χ0v) is 13.3. The van der Waals surface area contributed by atoms with Crippen LogP contribution in [0.5, 0.6) is 0 Å². The molecule has 0 radical (unpaired) electrons. The first-order valence-electron chi connectivity index (χ1n) is 7.07. The molecule has 6 heteroatoms. The molecule has 0 aromatic rings. The van der Waals surface area contributed by atoms with E-state index in [0.717, 1.165) is 19.3 Å². The predicted molar refractivity (Wildman–Crippen MR) is 79.1 cm³/mol. The Morgan fingerprint density at radius 1 is 1.33 bits per heavy atom. The number of amides is 1. The van der Waals surface area contributed by atoms with E-state index in [4.69, 9.17) is 15.3 Å². The summed E-state index contributed by atoms with van der Waals surface area (Å²) >= 11 is 0. The second-order valence-electron chi connectivity index (χ2n) is 7.15. The second-order valence-corrected chi connectivity index (χ2v) is 7.15. The Morgan fingerprint density at radius 3 is 2.48 bits per heavy atom. The van der Waals surface area contributed by atoms with E-state index in [2.05, 4.69) is 25.9 Å². The van der Waals surface area contributed by atoms with E-state index in [1.54, 1.807) is 6.92 Å². The van der Waals surface area contributed by atoms with E-state index in [-0.39, 0.29) is 23.5 Å². The number of carbonyl (C=O) groups is 2. The van der Waals surface area contributed by atoms with Crippen LogP contribution in [0.25, 0.3) is 0 Å². The van der Waals surface area contributed by atoms with Gasteiger partial charge in [0, 0.05) is 17.0 Å². The molecule has 2 atom stereocenters. The highest BCUT2D eigenvalue weighted by molar-refractivity contribution is 5.86.